The summed E-state index contributed by atoms with van der Waals surface area (Å²) < 4.78 is 13.9. The van der Waals surface area contributed by atoms with E-state index < -0.39 is 11.0 Å². The number of rotatable bonds is 4. The number of benzene rings is 1. The summed E-state index contributed by atoms with van der Waals surface area (Å²) in [6, 6.07) is 6.60. The molecular weight excluding hydrogens is 311 g/mol. The number of nitrogens with zero attached hydrogens (tertiary/aromatic N) is 3. The number of H-pyrrole nitrogens is 1. The molecule has 126 valence electrons. The molecule has 1 aromatic carbocycles. The van der Waals surface area contributed by atoms with Crippen LogP contribution in [-0.4, -0.2) is 44.4 Å². The molecule has 1 saturated carbocycles. The lowest BCUT2D eigenvalue weighted by Crippen LogP contribution is -2.39. The van der Waals surface area contributed by atoms with Crippen molar-refractivity contribution in [3.8, 4) is 0 Å². The highest BCUT2D eigenvalue weighted by Crippen LogP contribution is 2.51. The van der Waals surface area contributed by atoms with Crippen molar-refractivity contribution in [2.75, 3.05) is 13.1 Å². The minimum absolute atomic E-state index is 0.00479. The minimum Gasteiger partial charge on any atom is -0.381 e. The molecule has 0 bridgehead atoms. The average molecular weight is 330 g/mol. The van der Waals surface area contributed by atoms with Crippen LogP contribution in [0.5, 0.6) is 0 Å². The molecule has 2 heterocycles. The number of halogens is 1. The molecule has 2 aliphatic rings. The molecule has 2 fully saturated rings. The first kappa shape index (κ1) is 15.3. The SMILES string of the molecule is O=C(N1CC[C@](O)(c2cn[nH]n2)C1)C1(Cc2ccccc2F)CC1. The fourth-order valence-electron chi connectivity index (χ4n) is 3.56. The van der Waals surface area contributed by atoms with Crippen molar-refractivity contribution in [1.82, 2.24) is 20.3 Å². The summed E-state index contributed by atoms with van der Waals surface area (Å²) in [4.78, 5) is 14.6. The molecule has 0 spiro atoms. The van der Waals surface area contributed by atoms with Crippen LogP contribution in [0.4, 0.5) is 4.39 Å². The second-order valence-electron chi connectivity index (χ2n) is 6.91. The summed E-state index contributed by atoms with van der Waals surface area (Å²) in [5.74, 6) is -0.262. The molecule has 1 aliphatic carbocycles. The molecule has 7 heteroatoms. The molecule has 1 aliphatic heterocycles. The number of aromatic nitrogens is 3. The van der Waals surface area contributed by atoms with Crippen molar-refractivity contribution in [3.05, 3.63) is 47.5 Å². The van der Waals surface area contributed by atoms with Crippen LogP contribution in [-0.2, 0) is 16.8 Å². The number of hydrogen-bond acceptors (Lipinski definition) is 4. The van der Waals surface area contributed by atoms with Gasteiger partial charge in [0.05, 0.1) is 18.2 Å². The van der Waals surface area contributed by atoms with E-state index in [4.69, 9.17) is 0 Å². The van der Waals surface area contributed by atoms with Gasteiger partial charge >= 0.3 is 0 Å². The maximum Gasteiger partial charge on any atom is 0.229 e. The number of nitrogens with one attached hydrogen (secondary N) is 1. The molecule has 2 aromatic rings. The smallest absolute Gasteiger partial charge is 0.229 e. The van der Waals surface area contributed by atoms with E-state index in [1.807, 2.05) is 0 Å². The Kier molecular flexibility index (Phi) is 3.42. The van der Waals surface area contributed by atoms with Crippen molar-refractivity contribution >= 4 is 5.91 Å². The second kappa shape index (κ2) is 5.37. The largest absolute Gasteiger partial charge is 0.381 e. The molecule has 0 unspecified atom stereocenters. The Balaban J connectivity index is 1.49. The molecular formula is C17H19FN4O2. The summed E-state index contributed by atoms with van der Waals surface area (Å²) in [5.41, 5.74) is -0.639. The number of carbonyl (C=O) groups excluding carboxylic acids is 1. The Hall–Kier alpha value is -2.28. The summed E-state index contributed by atoms with van der Waals surface area (Å²) in [7, 11) is 0. The van der Waals surface area contributed by atoms with Gasteiger partial charge in [-0.25, -0.2) is 4.39 Å². The molecule has 2 N–H and O–H groups in total. The van der Waals surface area contributed by atoms with Crippen LogP contribution < -0.4 is 0 Å². The van der Waals surface area contributed by atoms with E-state index in [0.29, 0.717) is 30.6 Å². The first-order valence-electron chi connectivity index (χ1n) is 8.14. The molecule has 6 nitrogen and oxygen atoms in total. The number of aromatic amines is 1. The monoisotopic (exact) mass is 330 g/mol. The lowest BCUT2D eigenvalue weighted by Gasteiger charge is -2.25. The topological polar surface area (TPSA) is 82.1 Å². The summed E-state index contributed by atoms with van der Waals surface area (Å²) >= 11 is 0. The van der Waals surface area contributed by atoms with Gasteiger partial charge in [-0.2, -0.15) is 15.4 Å². The molecule has 0 radical (unpaired) electrons. The maximum absolute atomic E-state index is 13.9. The van der Waals surface area contributed by atoms with Gasteiger partial charge in [-0.15, -0.1) is 0 Å². The van der Waals surface area contributed by atoms with Crippen molar-refractivity contribution < 1.29 is 14.3 Å². The van der Waals surface area contributed by atoms with E-state index in [-0.39, 0.29) is 18.3 Å². The van der Waals surface area contributed by atoms with Crippen molar-refractivity contribution in [1.29, 1.82) is 0 Å². The van der Waals surface area contributed by atoms with Crippen LogP contribution in [0.3, 0.4) is 0 Å². The Morgan fingerprint density at radius 2 is 2.12 bits per heavy atom. The van der Waals surface area contributed by atoms with E-state index in [1.165, 1.54) is 12.3 Å². The summed E-state index contributed by atoms with van der Waals surface area (Å²) in [5, 5.41) is 20.9. The Bertz CT molecular complexity index is 760. The number of amides is 1. The van der Waals surface area contributed by atoms with Gasteiger partial charge in [-0.05, 0) is 30.9 Å². The van der Waals surface area contributed by atoms with Crippen LogP contribution in [0.2, 0.25) is 0 Å². The first-order chi connectivity index (χ1) is 11.5. The Morgan fingerprint density at radius 3 is 2.79 bits per heavy atom. The van der Waals surface area contributed by atoms with E-state index in [2.05, 4.69) is 15.4 Å². The van der Waals surface area contributed by atoms with Gasteiger partial charge in [-0.3, -0.25) is 4.79 Å². The van der Waals surface area contributed by atoms with Gasteiger partial charge in [0.2, 0.25) is 5.91 Å². The van der Waals surface area contributed by atoms with E-state index >= 15 is 0 Å². The number of hydrogen-bond donors (Lipinski definition) is 2. The van der Waals surface area contributed by atoms with Gasteiger partial charge < -0.3 is 10.0 Å². The van der Waals surface area contributed by atoms with Gasteiger partial charge in [0, 0.05) is 13.0 Å². The zero-order chi connectivity index (χ0) is 16.8. The van der Waals surface area contributed by atoms with Crippen LogP contribution in [0.25, 0.3) is 0 Å². The van der Waals surface area contributed by atoms with Gasteiger partial charge in [0.1, 0.15) is 17.1 Å². The minimum atomic E-state index is -1.16. The van der Waals surface area contributed by atoms with Gasteiger partial charge in [0.15, 0.2) is 0 Å². The predicted molar refractivity (Wildman–Crippen MR) is 83.2 cm³/mol. The standard InChI is InChI=1S/C17H19FN4O2/c18-13-4-2-1-3-12(13)9-16(5-6-16)15(23)22-8-7-17(24,11-22)14-10-19-21-20-14/h1-4,10,24H,5-9,11H2,(H,19,20,21)/t17-/m1/s1. The maximum atomic E-state index is 13.9. The number of carbonyl (C=O) groups is 1. The Labute approximate surface area is 138 Å². The second-order valence-corrected chi connectivity index (χ2v) is 6.91. The molecule has 1 amide bonds. The van der Waals surface area contributed by atoms with Gasteiger partial charge in [0.25, 0.3) is 0 Å². The fraction of sp³-hybridized carbons (Fsp3) is 0.471. The quantitative estimate of drug-likeness (QED) is 0.887. The van der Waals surface area contributed by atoms with Gasteiger partial charge in [-0.1, -0.05) is 18.2 Å². The third-order valence-electron chi connectivity index (χ3n) is 5.22. The third-order valence-corrected chi connectivity index (χ3v) is 5.22. The highest BCUT2D eigenvalue weighted by atomic mass is 19.1. The fourth-order valence-corrected chi connectivity index (χ4v) is 3.56. The first-order valence-corrected chi connectivity index (χ1v) is 8.14. The molecule has 1 saturated heterocycles. The van der Waals surface area contributed by atoms with Crippen LogP contribution in [0.15, 0.2) is 30.5 Å². The zero-order valence-corrected chi connectivity index (χ0v) is 13.2. The van der Waals surface area contributed by atoms with Crippen LogP contribution in [0.1, 0.15) is 30.5 Å². The number of likely N-dealkylation sites (tertiary alicyclic amines) is 1. The highest BCUT2D eigenvalue weighted by molar-refractivity contribution is 5.86. The number of β-amino-alcohol motifs (C(OH)–C–C–N with tert-alkyl or cyclic N) is 1. The lowest BCUT2D eigenvalue weighted by atomic mass is 9.94. The molecule has 24 heavy (non-hydrogen) atoms. The zero-order valence-electron chi connectivity index (χ0n) is 13.2. The van der Waals surface area contributed by atoms with E-state index in [9.17, 15) is 14.3 Å². The third kappa shape index (κ3) is 2.49. The van der Waals surface area contributed by atoms with Crippen LogP contribution >= 0.6 is 0 Å². The van der Waals surface area contributed by atoms with E-state index in [0.717, 1.165) is 12.8 Å². The van der Waals surface area contributed by atoms with Crippen molar-refractivity contribution in [3.63, 3.8) is 0 Å². The lowest BCUT2D eigenvalue weighted by molar-refractivity contribution is -0.137. The average Bonchev–Trinajstić information content (AvgIpc) is 3.00. The predicted octanol–water partition coefficient (Wildman–Crippen LogP) is 1.39. The molecule has 1 aromatic heterocycles. The summed E-state index contributed by atoms with van der Waals surface area (Å²) in [6.07, 6.45) is 3.86. The Morgan fingerprint density at radius 1 is 1.33 bits per heavy atom. The molecule has 1 atom stereocenters. The number of aliphatic hydroxyl groups is 1. The van der Waals surface area contributed by atoms with E-state index in [1.54, 1.807) is 23.1 Å². The summed E-state index contributed by atoms with van der Waals surface area (Å²) in [6.45, 7) is 0.679. The highest BCUT2D eigenvalue weighted by Gasteiger charge is 2.54. The normalized spacial score (nSPS) is 25.0. The van der Waals surface area contributed by atoms with Crippen LogP contribution in [0, 0.1) is 11.2 Å². The molecule has 4 rings (SSSR count). The van der Waals surface area contributed by atoms with Crippen molar-refractivity contribution in [2.45, 2.75) is 31.3 Å². The van der Waals surface area contributed by atoms with Crippen molar-refractivity contribution in [2.24, 2.45) is 5.41 Å².